The van der Waals surface area contributed by atoms with Crippen molar-refractivity contribution >= 4 is 21.8 Å². The smallest absolute Gasteiger partial charge is 0.253 e. The Morgan fingerprint density at radius 1 is 1.00 bits per heavy atom. The van der Waals surface area contributed by atoms with Crippen LogP contribution in [0.5, 0.6) is 0 Å². The predicted molar refractivity (Wildman–Crippen MR) is 105 cm³/mol. The van der Waals surface area contributed by atoms with Crippen LogP contribution in [-0.2, 0) is 14.8 Å². The van der Waals surface area contributed by atoms with Crippen molar-refractivity contribution < 1.29 is 18.0 Å². The molecule has 3 heterocycles. The molecule has 3 saturated heterocycles. The molecule has 1 aromatic rings. The van der Waals surface area contributed by atoms with E-state index in [4.69, 9.17) is 0 Å². The maximum absolute atomic E-state index is 13.1. The van der Waals surface area contributed by atoms with Crippen LogP contribution < -0.4 is 0 Å². The molecule has 28 heavy (non-hydrogen) atoms. The number of amides is 2. The number of carbonyl (C=O) groups is 2. The summed E-state index contributed by atoms with van der Waals surface area (Å²) in [5.74, 6) is 0.0545. The van der Waals surface area contributed by atoms with Crippen molar-refractivity contribution in [3.05, 3.63) is 35.9 Å². The summed E-state index contributed by atoms with van der Waals surface area (Å²) in [6.07, 6.45) is 3.20. The Balaban J connectivity index is 1.60. The van der Waals surface area contributed by atoms with E-state index in [1.807, 2.05) is 35.2 Å². The summed E-state index contributed by atoms with van der Waals surface area (Å²) >= 11 is 0. The molecule has 2 spiro atoms. The fourth-order valence-corrected chi connectivity index (χ4v) is 6.29. The van der Waals surface area contributed by atoms with Crippen LogP contribution in [-0.4, -0.2) is 80.4 Å². The van der Waals surface area contributed by atoms with E-state index in [-0.39, 0.29) is 18.4 Å². The minimum absolute atomic E-state index is 0.00247. The lowest BCUT2D eigenvalue weighted by atomic mass is 9.60. The largest absolute Gasteiger partial charge is 0.345 e. The predicted octanol–water partition coefficient (Wildman–Crippen LogP) is 1.03. The highest BCUT2D eigenvalue weighted by Crippen LogP contribution is 2.58. The summed E-state index contributed by atoms with van der Waals surface area (Å²) in [5.41, 5.74) is -0.396. The molecule has 3 aliphatic rings. The summed E-state index contributed by atoms with van der Waals surface area (Å²) in [4.78, 5) is 29.5. The van der Waals surface area contributed by atoms with Gasteiger partial charge >= 0.3 is 0 Å². The number of likely N-dealkylation sites (tertiary alicyclic amines) is 2. The van der Waals surface area contributed by atoms with Gasteiger partial charge in [0.05, 0.1) is 11.7 Å². The average Bonchev–Trinajstić information content (AvgIpc) is 3.16. The van der Waals surface area contributed by atoms with E-state index in [1.165, 1.54) is 10.6 Å². The van der Waals surface area contributed by atoms with E-state index in [0.717, 1.165) is 0 Å². The minimum Gasteiger partial charge on any atom is -0.345 e. The average molecular weight is 406 g/mol. The zero-order chi connectivity index (χ0) is 20.2. The number of hydrogen-bond acceptors (Lipinski definition) is 4. The summed E-state index contributed by atoms with van der Waals surface area (Å²) in [7, 11) is -1.58. The summed E-state index contributed by atoms with van der Waals surface area (Å²) in [5, 5.41) is 0. The Morgan fingerprint density at radius 3 is 2.18 bits per heavy atom. The summed E-state index contributed by atoms with van der Waals surface area (Å²) in [6, 6.07) is 9.20. The van der Waals surface area contributed by atoms with Crippen LogP contribution in [0.4, 0.5) is 0 Å². The molecule has 152 valence electrons. The molecule has 7 nitrogen and oxygen atoms in total. The molecule has 0 N–H and O–H groups in total. The van der Waals surface area contributed by atoms with Crippen molar-refractivity contribution in [3.63, 3.8) is 0 Å². The second kappa shape index (κ2) is 6.56. The van der Waals surface area contributed by atoms with Gasteiger partial charge in [0.1, 0.15) is 0 Å². The monoisotopic (exact) mass is 405 g/mol. The molecular formula is C20H27N3O4S. The van der Waals surface area contributed by atoms with Crippen molar-refractivity contribution in [1.82, 2.24) is 14.1 Å². The van der Waals surface area contributed by atoms with E-state index in [1.54, 1.807) is 11.9 Å². The van der Waals surface area contributed by atoms with Gasteiger partial charge in [-0.1, -0.05) is 18.2 Å². The molecule has 8 heteroatoms. The first-order chi connectivity index (χ1) is 13.2. The lowest BCUT2D eigenvalue weighted by molar-refractivity contribution is -0.141. The zero-order valence-electron chi connectivity index (χ0n) is 16.4. The van der Waals surface area contributed by atoms with Crippen LogP contribution in [0.25, 0.3) is 0 Å². The summed E-state index contributed by atoms with van der Waals surface area (Å²) < 4.78 is 26.0. The number of carbonyl (C=O) groups excluding carboxylic acids is 2. The SMILES string of the molecule is CN1CC[C@]2(CN(S(C)(=O)=O)CC23CCN(C(=O)c2ccccc2)CC3)C1=O. The van der Waals surface area contributed by atoms with E-state index in [2.05, 4.69) is 0 Å². The van der Waals surface area contributed by atoms with Gasteiger partial charge in [-0.25, -0.2) is 12.7 Å². The first-order valence-corrected chi connectivity index (χ1v) is 11.6. The van der Waals surface area contributed by atoms with Crippen LogP contribution in [0.1, 0.15) is 29.6 Å². The second-order valence-electron chi connectivity index (χ2n) is 8.53. The molecule has 0 aliphatic carbocycles. The number of hydrogen-bond donors (Lipinski definition) is 0. The van der Waals surface area contributed by atoms with Gasteiger partial charge in [-0.2, -0.15) is 0 Å². The van der Waals surface area contributed by atoms with E-state index in [9.17, 15) is 18.0 Å². The van der Waals surface area contributed by atoms with Crippen LogP contribution in [0.3, 0.4) is 0 Å². The third-order valence-electron chi connectivity index (χ3n) is 7.07. The number of benzene rings is 1. The minimum atomic E-state index is -3.37. The van der Waals surface area contributed by atoms with Crippen molar-refractivity contribution in [1.29, 1.82) is 0 Å². The van der Waals surface area contributed by atoms with Crippen molar-refractivity contribution in [2.45, 2.75) is 19.3 Å². The third kappa shape index (κ3) is 2.85. The molecule has 0 saturated carbocycles. The third-order valence-corrected chi connectivity index (χ3v) is 8.26. The highest BCUT2D eigenvalue weighted by Gasteiger charge is 2.66. The van der Waals surface area contributed by atoms with Gasteiger partial charge in [-0.15, -0.1) is 0 Å². The van der Waals surface area contributed by atoms with Gasteiger partial charge < -0.3 is 9.80 Å². The van der Waals surface area contributed by atoms with Gasteiger partial charge in [0.2, 0.25) is 15.9 Å². The molecule has 1 aromatic carbocycles. The zero-order valence-corrected chi connectivity index (χ0v) is 17.2. The van der Waals surface area contributed by atoms with Crippen LogP contribution in [0.15, 0.2) is 30.3 Å². The fraction of sp³-hybridized carbons (Fsp3) is 0.600. The van der Waals surface area contributed by atoms with Crippen molar-refractivity contribution in [3.8, 4) is 0 Å². The Labute approximate surface area is 166 Å². The maximum atomic E-state index is 13.1. The topological polar surface area (TPSA) is 78.0 Å². The highest BCUT2D eigenvalue weighted by molar-refractivity contribution is 7.88. The molecule has 3 fully saturated rings. The Kier molecular flexibility index (Phi) is 4.54. The molecule has 1 atom stereocenters. The molecule has 0 radical (unpaired) electrons. The maximum Gasteiger partial charge on any atom is 0.253 e. The van der Waals surface area contributed by atoms with Crippen molar-refractivity contribution in [2.75, 3.05) is 46.0 Å². The molecular weight excluding hydrogens is 378 g/mol. The molecule has 0 bridgehead atoms. The standard InChI is InChI=1S/C20H27N3O4S/c1-21-11-10-20(18(21)25)15-23(28(2,26)27)14-19(20)8-12-22(13-9-19)17(24)16-6-4-3-5-7-16/h3-7H,8-15H2,1-2H3/t20-/m0/s1. The van der Waals surface area contributed by atoms with Gasteiger partial charge in [-0.05, 0) is 31.4 Å². The normalized spacial score (nSPS) is 27.9. The van der Waals surface area contributed by atoms with E-state index >= 15 is 0 Å². The first kappa shape index (κ1) is 19.4. The number of piperidine rings is 1. The van der Waals surface area contributed by atoms with Crippen LogP contribution in [0.2, 0.25) is 0 Å². The van der Waals surface area contributed by atoms with Crippen LogP contribution >= 0.6 is 0 Å². The fourth-order valence-electron chi connectivity index (χ4n) is 5.36. The first-order valence-electron chi connectivity index (χ1n) is 9.74. The summed E-state index contributed by atoms with van der Waals surface area (Å²) in [6.45, 7) is 2.39. The quantitative estimate of drug-likeness (QED) is 0.736. The number of sulfonamides is 1. The highest BCUT2D eigenvalue weighted by atomic mass is 32.2. The molecule has 4 rings (SSSR count). The molecule has 3 aliphatic heterocycles. The van der Waals surface area contributed by atoms with Gasteiger partial charge in [0, 0.05) is 50.7 Å². The molecule has 0 unspecified atom stereocenters. The molecule has 0 aromatic heterocycles. The van der Waals surface area contributed by atoms with Gasteiger partial charge in [0.25, 0.3) is 5.91 Å². The Bertz CT molecular complexity index is 893. The van der Waals surface area contributed by atoms with E-state index in [0.29, 0.717) is 51.0 Å². The van der Waals surface area contributed by atoms with Gasteiger partial charge in [0.15, 0.2) is 0 Å². The van der Waals surface area contributed by atoms with Gasteiger partial charge in [-0.3, -0.25) is 9.59 Å². The lowest BCUT2D eigenvalue weighted by Crippen LogP contribution is -2.53. The Hall–Kier alpha value is -1.93. The van der Waals surface area contributed by atoms with Crippen molar-refractivity contribution in [2.24, 2.45) is 10.8 Å². The second-order valence-corrected chi connectivity index (χ2v) is 10.5. The Morgan fingerprint density at radius 2 is 1.64 bits per heavy atom. The number of nitrogens with zero attached hydrogens (tertiary/aromatic N) is 3. The lowest BCUT2D eigenvalue weighted by Gasteiger charge is -2.46. The number of rotatable bonds is 2. The number of fused-ring (bicyclic) bond motifs is 1. The van der Waals surface area contributed by atoms with Crippen LogP contribution in [0, 0.1) is 10.8 Å². The van der Waals surface area contributed by atoms with E-state index < -0.39 is 20.9 Å². The molecule has 2 amide bonds.